The topological polar surface area (TPSA) is 69.2 Å². The van der Waals surface area contributed by atoms with E-state index in [1.807, 2.05) is 49.4 Å². The third-order valence-electron chi connectivity index (χ3n) is 4.73. The van der Waals surface area contributed by atoms with Crippen LogP contribution in [0.3, 0.4) is 0 Å². The van der Waals surface area contributed by atoms with E-state index in [4.69, 9.17) is 14.2 Å². The van der Waals surface area contributed by atoms with Gasteiger partial charge in [0, 0.05) is 4.47 Å². The van der Waals surface area contributed by atoms with Crippen molar-refractivity contribution in [3.8, 4) is 17.2 Å². The number of carbonyl (C=O) groups excluding carboxylic acids is 1. The molecule has 0 bridgehead atoms. The molecule has 0 unspecified atom stereocenters. The summed E-state index contributed by atoms with van der Waals surface area (Å²) in [4.78, 5) is 12.0. The van der Waals surface area contributed by atoms with E-state index in [0.29, 0.717) is 23.9 Å². The van der Waals surface area contributed by atoms with Crippen molar-refractivity contribution in [3.63, 3.8) is 0 Å². The second-order valence-corrected chi connectivity index (χ2v) is 7.97. The van der Waals surface area contributed by atoms with Crippen LogP contribution in [0.25, 0.3) is 0 Å². The fourth-order valence-electron chi connectivity index (χ4n) is 2.88. The number of benzene rings is 3. The number of ether oxygens (including phenoxy) is 3. The van der Waals surface area contributed by atoms with Crippen LogP contribution < -0.4 is 19.6 Å². The first kappa shape index (κ1) is 23.3. The molecule has 0 aliphatic heterocycles. The van der Waals surface area contributed by atoms with Gasteiger partial charge in [0.05, 0.1) is 13.3 Å². The molecule has 0 atom stereocenters. The van der Waals surface area contributed by atoms with Crippen molar-refractivity contribution in [3.05, 3.63) is 87.4 Å². The molecule has 166 valence electrons. The average molecular weight is 497 g/mol. The zero-order chi connectivity index (χ0) is 22.9. The van der Waals surface area contributed by atoms with Gasteiger partial charge in [-0.15, -0.1) is 0 Å². The molecule has 7 heteroatoms. The van der Waals surface area contributed by atoms with Crippen molar-refractivity contribution in [2.75, 3.05) is 13.7 Å². The second-order valence-electron chi connectivity index (χ2n) is 7.12. The zero-order valence-electron chi connectivity index (χ0n) is 18.2. The molecule has 3 rings (SSSR count). The highest BCUT2D eigenvalue weighted by Crippen LogP contribution is 2.28. The molecule has 0 saturated carbocycles. The zero-order valence-corrected chi connectivity index (χ0v) is 19.8. The molecular formula is C25H25BrN2O4. The lowest BCUT2D eigenvalue weighted by molar-refractivity contribution is -0.123. The number of methoxy groups -OCH3 is 1. The van der Waals surface area contributed by atoms with Gasteiger partial charge in [0.25, 0.3) is 5.91 Å². The Kier molecular flexibility index (Phi) is 8.27. The van der Waals surface area contributed by atoms with Crippen LogP contribution in [-0.2, 0) is 11.4 Å². The SMILES string of the molecule is COc1cc(/C=N/NC(=O)COc2ccc(Br)c(C)c2)ccc1OCc1ccccc1C. The van der Waals surface area contributed by atoms with Crippen molar-refractivity contribution < 1.29 is 19.0 Å². The number of nitrogens with one attached hydrogen (secondary N) is 1. The number of rotatable bonds is 9. The van der Waals surface area contributed by atoms with Crippen LogP contribution in [0.4, 0.5) is 0 Å². The molecule has 6 nitrogen and oxygen atoms in total. The molecular weight excluding hydrogens is 472 g/mol. The van der Waals surface area contributed by atoms with Crippen molar-refractivity contribution in [2.24, 2.45) is 5.10 Å². The van der Waals surface area contributed by atoms with E-state index in [0.717, 1.165) is 21.2 Å². The second kappa shape index (κ2) is 11.3. The van der Waals surface area contributed by atoms with Gasteiger partial charge in [0.2, 0.25) is 0 Å². The Morgan fingerprint density at radius 1 is 1.00 bits per heavy atom. The van der Waals surface area contributed by atoms with Gasteiger partial charge in [0.1, 0.15) is 12.4 Å². The number of hydrazone groups is 1. The normalized spacial score (nSPS) is 10.8. The highest BCUT2D eigenvalue weighted by Gasteiger charge is 2.07. The number of aryl methyl sites for hydroxylation is 2. The molecule has 32 heavy (non-hydrogen) atoms. The lowest BCUT2D eigenvalue weighted by Gasteiger charge is -2.12. The quantitative estimate of drug-likeness (QED) is 0.327. The molecule has 1 N–H and O–H groups in total. The molecule has 0 saturated heterocycles. The Labute approximate surface area is 196 Å². The Hall–Kier alpha value is -3.32. The van der Waals surface area contributed by atoms with Crippen LogP contribution in [0.1, 0.15) is 22.3 Å². The predicted octanol–water partition coefficient (Wildman–Crippen LogP) is 5.18. The number of hydrogen-bond donors (Lipinski definition) is 1. The summed E-state index contributed by atoms with van der Waals surface area (Å²) in [6.45, 7) is 4.32. The Morgan fingerprint density at radius 3 is 2.56 bits per heavy atom. The van der Waals surface area contributed by atoms with E-state index in [1.165, 1.54) is 11.8 Å². The summed E-state index contributed by atoms with van der Waals surface area (Å²) < 4.78 is 17.8. The van der Waals surface area contributed by atoms with E-state index in [2.05, 4.69) is 39.4 Å². The standard InChI is InChI=1S/C25H25BrN2O4/c1-17-6-4-5-7-20(17)15-32-23-11-8-19(13-24(23)30-3)14-27-28-25(29)16-31-21-9-10-22(26)18(2)12-21/h4-14H,15-16H2,1-3H3,(H,28,29)/b27-14+. The maximum absolute atomic E-state index is 12.0. The highest BCUT2D eigenvalue weighted by atomic mass is 79.9. The lowest BCUT2D eigenvalue weighted by Crippen LogP contribution is -2.24. The number of halogens is 1. The smallest absolute Gasteiger partial charge is 0.277 e. The first-order chi connectivity index (χ1) is 15.5. The minimum atomic E-state index is -0.355. The van der Waals surface area contributed by atoms with Crippen LogP contribution in [0.15, 0.2) is 70.2 Å². The fourth-order valence-corrected chi connectivity index (χ4v) is 3.12. The number of hydrogen-bond acceptors (Lipinski definition) is 5. The summed E-state index contributed by atoms with van der Waals surface area (Å²) >= 11 is 3.43. The summed E-state index contributed by atoms with van der Waals surface area (Å²) in [5, 5.41) is 3.99. The first-order valence-corrected chi connectivity index (χ1v) is 10.8. The minimum Gasteiger partial charge on any atom is -0.493 e. The molecule has 3 aromatic rings. The van der Waals surface area contributed by atoms with E-state index in [-0.39, 0.29) is 12.5 Å². The summed E-state index contributed by atoms with van der Waals surface area (Å²) in [5.74, 6) is 1.49. The Balaban J connectivity index is 1.53. The van der Waals surface area contributed by atoms with Crippen LogP contribution >= 0.6 is 15.9 Å². The monoisotopic (exact) mass is 496 g/mol. The maximum atomic E-state index is 12.0. The third kappa shape index (κ3) is 6.59. The lowest BCUT2D eigenvalue weighted by atomic mass is 10.1. The molecule has 1 amide bonds. The van der Waals surface area contributed by atoms with Gasteiger partial charge in [-0.2, -0.15) is 5.10 Å². The molecule has 0 aliphatic rings. The van der Waals surface area contributed by atoms with E-state index >= 15 is 0 Å². The van der Waals surface area contributed by atoms with Gasteiger partial charge >= 0.3 is 0 Å². The van der Waals surface area contributed by atoms with Crippen molar-refractivity contribution in [1.82, 2.24) is 5.43 Å². The van der Waals surface area contributed by atoms with Gasteiger partial charge in [-0.3, -0.25) is 4.79 Å². The van der Waals surface area contributed by atoms with Crippen LogP contribution in [0, 0.1) is 13.8 Å². The van der Waals surface area contributed by atoms with Gasteiger partial charge in [-0.05, 0) is 72.5 Å². The van der Waals surface area contributed by atoms with Gasteiger partial charge < -0.3 is 14.2 Å². The fraction of sp³-hybridized carbons (Fsp3) is 0.200. The van der Waals surface area contributed by atoms with Crippen LogP contribution in [0.5, 0.6) is 17.2 Å². The van der Waals surface area contributed by atoms with Gasteiger partial charge in [0.15, 0.2) is 18.1 Å². The molecule has 0 aromatic heterocycles. The largest absolute Gasteiger partial charge is 0.493 e. The average Bonchev–Trinajstić information content (AvgIpc) is 2.79. The molecule has 0 spiro atoms. The molecule has 3 aromatic carbocycles. The van der Waals surface area contributed by atoms with Crippen molar-refractivity contribution in [1.29, 1.82) is 0 Å². The van der Waals surface area contributed by atoms with Gasteiger partial charge in [-0.1, -0.05) is 40.2 Å². The molecule has 0 fully saturated rings. The Bertz CT molecular complexity index is 1110. The van der Waals surface area contributed by atoms with Crippen molar-refractivity contribution >= 4 is 28.1 Å². The van der Waals surface area contributed by atoms with Gasteiger partial charge in [-0.25, -0.2) is 5.43 Å². The summed E-state index contributed by atoms with van der Waals surface area (Å²) in [7, 11) is 1.58. The van der Waals surface area contributed by atoms with Crippen molar-refractivity contribution in [2.45, 2.75) is 20.5 Å². The Morgan fingerprint density at radius 2 is 1.81 bits per heavy atom. The predicted molar refractivity (Wildman–Crippen MR) is 129 cm³/mol. The van der Waals surface area contributed by atoms with E-state index < -0.39 is 0 Å². The molecule has 0 heterocycles. The highest BCUT2D eigenvalue weighted by molar-refractivity contribution is 9.10. The molecule has 0 aliphatic carbocycles. The maximum Gasteiger partial charge on any atom is 0.277 e. The first-order valence-electron chi connectivity index (χ1n) is 10.0. The van der Waals surface area contributed by atoms with Crippen LogP contribution in [0.2, 0.25) is 0 Å². The summed E-state index contributed by atoms with van der Waals surface area (Å²) in [6, 6.07) is 19.1. The number of carbonyl (C=O) groups is 1. The van der Waals surface area contributed by atoms with Crippen LogP contribution in [-0.4, -0.2) is 25.8 Å². The number of amides is 1. The summed E-state index contributed by atoms with van der Waals surface area (Å²) in [5.41, 5.74) is 6.53. The summed E-state index contributed by atoms with van der Waals surface area (Å²) in [6.07, 6.45) is 1.54. The molecule has 0 radical (unpaired) electrons. The van der Waals surface area contributed by atoms with E-state index in [9.17, 15) is 4.79 Å². The third-order valence-corrected chi connectivity index (χ3v) is 5.62. The number of nitrogens with zero attached hydrogens (tertiary/aromatic N) is 1. The van der Waals surface area contributed by atoms with E-state index in [1.54, 1.807) is 19.2 Å². The minimum absolute atomic E-state index is 0.132.